The van der Waals surface area contributed by atoms with E-state index < -0.39 is 11.9 Å². The molecule has 1 aromatic carbocycles. The van der Waals surface area contributed by atoms with Gasteiger partial charge in [0.25, 0.3) is 11.5 Å². The molecule has 172 valence electrons. The van der Waals surface area contributed by atoms with E-state index in [4.69, 9.17) is 4.74 Å². The van der Waals surface area contributed by atoms with Crippen LogP contribution in [0.1, 0.15) is 36.2 Å². The predicted molar refractivity (Wildman–Crippen MR) is 129 cm³/mol. The maximum Gasteiger partial charge on any atom is 0.341 e. The van der Waals surface area contributed by atoms with Crippen LogP contribution < -0.4 is 11.0 Å². The van der Waals surface area contributed by atoms with E-state index in [0.29, 0.717) is 24.3 Å². The highest BCUT2D eigenvalue weighted by atomic mass is 16.5. The number of amides is 1. The van der Waals surface area contributed by atoms with Crippen molar-refractivity contribution in [2.45, 2.75) is 26.8 Å². The molecule has 0 saturated heterocycles. The Balaban J connectivity index is 2.01. The Morgan fingerprint density at radius 1 is 1.09 bits per heavy atom. The van der Waals surface area contributed by atoms with Gasteiger partial charge in [0.05, 0.1) is 12.0 Å². The first kappa shape index (κ1) is 22.8. The number of rotatable bonds is 6. The van der Waals surface area contributed by atoms with Gasteiger partial charge in [0.2, 0.25) is 0 Å². The number of hydrogen-bond acceptors (Lipinski definition) is 5. The molecule has 0 aliphatic heterocycles. The normalized spacial score (nSPS) is 12.0. The molecule has 0 saturated carbocycles. The summed E-state index contributed by atoms with van der Waals surface area (Å²) in [7, 11) is 0. The van der Waals surface area contributed by atoms with Crippen LogP contribution in [0, 0.1) is 0 Å². The molecule has 0 aliphatic rings. The van der Waals surface area contributed by atoms with Crippen molar-refractivity contribution in [3.63, 3.8) is 0 Å². The maximum atomic E-state index is 13.2. The van der Waals surface area contributed by atoms with Crippen molar-refractivity contribution in [1.82, 2.24) is 14.0 Å². The monoisotopic (exact) mass is 456 g/mol. The van der Waals surface area contributed by atoms with Gasteiger partial charge in [0.1, 0.15) is 16.9 Å². The Hall–Kier alpha value is -4.33. The summed E-state index contributed by atoms with van der Waals surface area (Å²) in [5, 5.41) is 0.242. The number of ether oxygens (including phenoxy) is 1. The molecule has 0 unspecified atom stereocenters. The lowest BCUT2D eigenvalue weighted by Crippen LogP contribution is -2.32. The molecule has 0 N–H and O–H groups in total. The van der Waals surface area contributed by atoms with E-state index in [9.17, 15) is 14.4 Å². The third-order valence-corrected chi connectivity index (χ3v) is 5.17. The zero-order chi connectivity index (χ0) is 24.1. The molecule has 1 amide bonds. The predicted octanol–water partition coefficient (Wildman–Crippen LogP) is 3.38. The number of esters is 1. The second-order valence-electron chi connectivity index (χ2n) is 7.53. The summed E-state index contributed by atoms with van der Waals surface area (Å²) in [5.41, 5.74) is 1.48. The zero-order valence-corrected chi connectivity index (χ0v) is 19.0. The minimum Gasteiger partial charge on any atom is -0.462 e. The van der Waals surface area contributed by atoms with Gasteiger partial charge in [0, 0.05) is 18.8 Å². The quantitative estimate of drug-likeness (QED) is 0.252. The fraction of sp³-hybridized carbons (Fsp3) is 0.192. The van der Waals surface area contributed by atoms with Crippen molar-refractivity contribution < 1.29 is 14.3 Å². The van der Waals surface area contributed by atoms with Crippen molar-refractivity contribution in [2.75, 3.05) is 6.61 Å². The minimum atomic E-state index is -0.662. The summed E-state index contributed by atoms with van der Waals surface area (Å²) in [4.78, 5) is 47.7. The Labute approximate surface area is 195 Å². The average molecular weight is 457 g/mol. The van der Waals surface area contributed by atoms with E-state index in [1.54, 1.807) is 42.0 Å². The molecule has 34 heavy (non-hydrogen) atoms. The third kappa shape index (κ3) is 4.56. The SMILES string of the molecule is CCCn1c(=NC(=O)/C=C/c2ccccc2)c(C(=O)OCC)cc2c(=O)n3ccccc3nc21. The van der Waals surface area contributed by atoms with Crippen molar-refractivity contribution in [3.8, 4) is 0 Å². The molecule has 8 heteroatoms. The lowest BCUT2D eigenvalue weighted by atomic mass is 10.2. The van der Waals surface area contributed by atoms with Gasteiger partial charge < -0.3 is 9.30 Å². The van der Waals surface area contributed by atoms with Crippen LogP contribution in [0.3, 0.4) is 0 Å². The van der Waals surface area contributed by atoms with Crippen LogP contribution in [0.25, 0.3) is 22.8 Å². The van der Waals surface area contributed by atoms with Crippen LogP contribution >= 0.6 is 0 Å². The van der Waals surface area contributed by atoms with E-state index in [-0.39, 0.29) is 28.6 Å². The number of benzene rings is 1. The highest BCUT2D eigenvalue weighted by molar-refractivity contribution is 5.95. The van der Waals surface area contributed by atoms with Crippen molar-refractivity contribution in [3.05, 3.63) is 93.8 Å². The Morgan fingerprint density at radius 3 is 2.59 bits per heavy atom. The summed E-state index contributed by atoms with van der Waals surface area (Å²) in [6, 6.07) is 16.0. The number of aromatic nitrogens is 3. The van der Waals surface area contributed by atoms with E-state index in [1.165, 1.54) is 16.5 Å². The standard InChI is InChI=1S/C26H24N4O4/c1-3-15-30-23-19(25(32)29-16-9-8-12-21(29)27-23)17-20(26(33)34-4-2)24(30)28-22(31)14-13-18-10-6-5-7-11-18/h5-14,16-17H,3-4,15H2,1-2H3/b14-13+,28-24?. The Morgan fingerprint density at radius 2 is 1.85 bits per heavy atom. The molecule has 3 aromatic heterocycles. The van der Waals surface area contributed by atoms with Gasteiger partial charge in [-0.2, -0.15) is 4.99 Å². The third-order valence-electron chi connectivity index (χ3n) is 5.17. The van der Waals surface area contributed by atoms with E-state index in [2.05, 4.69) is 9.98 Å². The molecule has 0 radical (unpaired) electrons. The number of fused-ring (bicyclic) bond motifs is 2. The molecule has 0 spiro atoms. The van der Waals surface area contributed by atoms with Crippen molar-refractivity contribution in [2.24, 2.45) is 4.99 Å². The number of carbonyl (C=O) groups excluding carboxylic acids is 2. The fourth-order valence-electron chi connectivity index (χ4n) is 3.67. The molecule has 4 rings (SSSR count). The second-order valence-corrected chi connectivity index (χ2v) is 7.53. The molecule has 0 bridgehead atoms. The van der Waals surface area contributed by atoms with Crippen LogP contribution in [0.5, 0.6) is 0 Å². The summed E-state index contributed by atoms with van der Waals surface area (Å²) in [5.74, 6) is -1.21. The summed E-state index contributed by atoms with van der Waals surface area (Å²) in [6.07, 6.45) is 5.28. The number of pyridine rings is 2. The lowest BCUT2D eigenvalue weighted by molar-refractivity contribution is -0.113. The second kappa shape index (κ2) is 10.1. The van der Waals surface area contributed by atoms with Crippen molar-refractivity contribution >= 4 is 34.6 Å². The maximum absolute atomic E-state index is 13.2. The van der Waals surface area contributed by atoms with Crippen LogP contribution in [-0.4, -0.2) is 32.4 Å². The number of hydrogen-bond donors (Lipinski definition) is 0. The van der Waals surface area contributed by atoms with Gasteiger partial charge >= 0.3 is 5.97 Å². The van der Waals surface area contributed by atoms with Gasteiger partial charge in [-0.1, -0.05) is 43.3 Å². The first-order valence-corrected chi connectivity index (χ1v) is 11.1. The lowest BCUT2D eigenvalue weighted by Gasteiger charge is -2.14. The van der Waals surface area contributed by atoms with E-state index in [1.807, 2.05) is 37.3 Å². The van der Waals surface area contributed by atoms with Crippen LogP contribution in [0.4, 0.5) is 0 Å². The number of carbonyl (C=O) groups is 2. The highest BCUT2D eigenvalue weighted by Gasteiger charge is 2.19. The van der Waals surface area contributed by atoms with E-state index >= 15 is 0 Å². The number of aryl methyl sites for hydroxylation is 1. The Bertz CT molecular complexity index is 1530. The van der Waals surface area contributed by atoms with Crippen molar-refractivity contribution in [1.29, 1.82) is 0 Å². The molecule has 4 aromatic rings. The van der Waals surface area contributed by atoms with Gasteiger partial charge in [-0.15, -0.1) is 0 Å². The fourth-order valence-corrected chi connectivity index (χ4v) is 3.67. The smallest absolute Gasteiger partial charge is 0.341 e. The zero-order valence-electron chi connectivity index (χ0n) is 19.0. The summed E-state index contributed by atoms with van der Waals surface area (Å²) in [6.45, 7) is 4.17. The Kier molecular flexibility index (Phi) is 6.77. The molecular formula is C26H24N4O4. The topological polar surface area (TPSA) is 95.0 Å². The molecule has 0 atom stereocenters. The summed E-state index contributed by atoms with van der Waals surface area (Å²) < 4.78 is 8.28. The minimum absolute atomic E-state index is 0.0408. The average Bonchev–Trinajstić information content (AvgIpc) is 2.85. The van der Waals surface area contributed by atoms with Crippen LogP contribution in [0.15, 0.2) is 76.7 Å². The first-order chi connectivity index (χ1) is 16.5. The van der Waals surface area contributed by atoms with Crippen LogP contribution in [0.2, 0.25) is 0 Å². The van der Waals surface area contributed by atoms with Gasteiger partial charge in [-0.25, -0.2) is 9.78 Å². The summed E-state index contributed by atoms with van der Waals surface area (Å²) >= 11 is 0. The molecule has 3 heterocycles. The first-order valence-electron chi connectivity index (χ1n) is 11.1. The van der Waals surface area contributed by atoms with Gasteiger partial charge in [0.15, 0.2) is 5.49 Å². The van der Waals surface area contributed by atoms with Gasteiger partial charge in [-0.3, -0.25) is 14.0 Å². The molecule has 8 nitrogen and oxygen atoms in total. The highest BCUT2D eigenvalue weighted by Crippen LogP contribution is 2.12. The molecule has 0 aliphatic carbocycles. The number of nitrogens with zero attached hydrogens (tertiary/aromatic N) is 4. The molecular weight excluding hydrogens is 432 g/mol. The van der Waals surface area contributed by atoms with Crippen LogP contribution in [-0.2, 0) is 16.1 Å². The van der Waals surface area contributed by atoms with Gasteiger partial charge in [-0.05, 0) is 43.2 Å². The largest absolute Gasteiger partial charge is 0.462 e. The van der Waals surface area contributed by atoms with E-state index in [0.717, 1.165) is 5.56 Å². The molecule has 0 fully saturated rings.